The Labute approximate surface area is 220 Å². The highest BCUT2D eigenvalue weighted by Crippen LogP contribution is 2.36. The van der Waals surface area contributed by atoms with Crippen LogP contribution in [0.4, 0.5) is 17.6 Å². The molecule has 0 saturated heterocycles. The van der Waals surface area contributed by atoms with Crippen molar-refractivity contribution in [3.8, 4) is 23.0 Å². The summed E-state index contributed by atoms with van der Waals surface area (Å²) in [5.74, 6) is -4.87. The largest absolute Gasteiger partial charge is 0.489 e. The van der Waals surface area contributed by atoms with Gasteiger partial charge in [0.25, 0.3) is 5.91 Å². The van der Waals surface area contributed by atoms with Crippen LogP contribution in [0.3, 0.4) is 0 Å². The first-order chi connectivity index (χ1) is 18.7. The minimum Gasteiger partial charge on any atom is -0.489 e. The Morgan fingerprint density at radius 1 is 1.15 bits per heavy atom. The molecule has 1 heterocycles. The van der Waals surface area contributed by atoms with Gasteiger partial charge in [0.05, 0.1) is 13.2 Å². The van der Waals surface area contributed by atoms with E-state index in [1.807, 2.05) is 13.8 Å². The number of alkyl halides is 2. The fourth-order valence-electron chi connectivity index (χ4n) is 3.44. The summed E-state index contributed by atoms with van der Waals surface area (Å²) >= 11 is 0. The summed E-state index contributed by atoms with van der Waals surface area (Å²) in [5, 5.41) is 11.6. The van der Waals surface area contributed by atoms with E-state index in [1.165, 1.54) is 18.2 Å². The molecule has 1 unspecified atom stereocenters. The third kappa shape index (κ3) is 7.47. The van der Waals surface area contributed by atoms with Crippen LogP contribution in [0.15, 0.2) is 40.8 Å². The molecule has 9 nitrogen and oxygen atoms in total. The normalized spacial score (nSPS) is 13.3. The number of ether oxygens (including phenoxy) is 2. The minimum absolute atomic E-state index is 0.0147. The summed E-state index contributed by atoms with van der Waals surface area (Å²) in [6.07, 6.45) is 1.92. The van der Waals surface area contributed by atoms with Crippen molar-refractivity contribution >= 4 is 11.9 Å². The molecule has 210 valence electrons. The van der Waals surface area contributed by atoms with Crippen LogP contribution in [-0.4, -0.2) is 35.2 Å². The van der Waals surface area contributed by atoms with Crippen molar-refractivity contribution in [2.75, 3.05) is 6.61 Å². The van der Waals surface area contributed by atoms with Gasteiger partial charge in [0, 0.05) is 17.2 Å². The highest BCUT2D eigenvalue weighted by molar-refractivity contribution is 5.96. The molecule has 39 heavy (non-hydrogen) atoms. The molecule has 2 aromatic carbocycles. The van der Waals surface area contributed by atoms with E-state index in [1.54, 1.807) is 0 Å². The van der Waals surface area contributed by atoms with Crippen molar-refractivity contribution in [1.29, 1.82) is 0 Å². The van der Waals surface area contributed by atoms with E-state index >= 15 is 0 Å². The van der Waals surface area contributed by atoms with Crippen LogP contribution in [0.2, 0.25) is 0 Å². The van der Waals surface area contributed by atoms with Crippen LogP contribution < -0.4 is 20.5 Å². The van der Waals surface area contributed by atoms with Gasteiger partial charge in [-0.05, 0) is 43.0 Å². The summed E-state index contributed by atoms with van der Waals surface area (Å²) in [6, 6.07) is 4.30. The van der Waals surface area contributed by atoms with Crippen LogP contribution >= 0.6 is 0 Å². The first-order valence-electron chi connectivity index (χ1n) is 12.1. The SMILES string of the molecule is CC.NCc1oc(-c2ccc(OC(F)F)c(OCC3CC3)c2)nc1C(=O)NC(C(=O)O)c1ccc(F)cc1F. The topological polar surface area (TPSA) is 137 Å². The quantitative estimate of drug-likeness (QED) is 0.281. The molecule has 1 aliphatic rings. The number of rotatable bonds is 11. The average molecular weight is 554 g/mol. The summed E-state index contributed by atoms with van der Waals surface area (Å²) in [6.45, 7) is 0.909. The molecule has 1 amide bonds. The predicted octanol–water partition coefficient (Wildman–Crippen LogP) is 5.05. The van der Waals surface area contributed by atoms with Crippen LogP contribution in [0.25, 0.3) is 11.5 Å². The molecule has 0 radical (unpaired) electrons. The summed E-state index contributed by atoms with van der Waals surface area (Å²) in [7, 11) is 0. The second-order valence-corrected chi connectivity index (χ2v) is 8.20. The first-order valence-corrected chi connectivity index (χ1v) is 12.1. The maximum Gasteiger partial charge on any atom is 0.387 e. The number of benzene rings is 2. The Bertz CT molecular complexity index is 1310. The number of carboxylic acids is 1. The van der Waals surface area contributed by atoms with E-state index in [-0.39, 0.29) is 41.0 Å². The fraction of sp³-hybridized carbons (Fsp3) is 0.346. The molecule has 1 fully saturated rings. The molecule has 4 rings (SSSR count). The van der Waals surface area contributed by atoms with Crippen LogP contribution in [0.5, 0.6) is 11.5 Å². The van der Waals surface area contributed by atoms with Crippen molar-refractivity contribution < 1.29 is 46.1 Å². The monoisotopic (exact) mass is 553 g/mol. The molecule has 1 aliphatic carbocycles. The lowest BCUT2D eigenvalue weighted by molar-refractivity contribution is -0.139. The number of nitrogens with one attached hydrogen (secondary N) is 1. The predicted molar refractivity (Wildman–Crippen MR) is 130 cm³/mol. The number of carbonyl (C=O) groups is 2. The van der Waals surface area contributed by atoms with E-state index in [0.29, 0.717) is 18.6 Å². The summed E-state index contributed by atoms with van der Waals surface area (Å²) in [4.78, 5) is 28.7. The van der Waals surface area contributed by atoms with Gasteiger partial charge in [-0.25, -0.2) is 18.6 Å². The van der Waals surface area contributed by atoms with Crippen molar-refractivity contribution in [2.45, 2.75) is 45.9 Å². The second kappa shape index (κ2) is 13.1. The second-order valence-electron chi connectivity index (χ2n) is 8.20. The smallest absolute Gasteiger partial charge is 0.387 e. The highest BCUT2D eigenvalue weighted by atomic mass is 19.3. The number of nitrogens with zero attached hydrogens (tertiary/aromatic N) is 1. The molecule has 0 spiro atoms. The van der Waals surface area contributed by atoms with Gasteiger partial charge < -0.3 is 30.0 Å². The third-order valence-electron chi connectivity index (χ3n) is 5.47. The number of aliphatic carboxylic acids is 1. The summed E-state index contributed by atoms with van der Waals surface area (Å²) < 4.78 is 68.7. The van der Waals surface area contributed by atoms with Gasteiger partial charge in [0.15, 0.2) is 29.0 Å². The molecule has 1 saturated carbocycles. The third-order valence-corrected chi connectivity index (χ3v) is 5.47. The lowest BCUT2D eigenvalue weighted by Gasteiger charge is -2.15. The van der Waals surface area contributed by atoms with E-state index in [9.17, 15) is 32.3 Å². The Kier molecular flexibility index (Phi) is 9.88. The van der Waals surface area contributed by atoms with Crippen molar-refractivity contribution in [1.82, 2.24) is 10.3 Å². The maximum atomic E-state index is 14.2. The average Bonchev–Trinajstić information content (AvgIpc) is 3.63. The Hall–Kier alpha value is -4.13. The van der Waals surface area contributed by atoms with Crippen LogP contribution in [0.1, 0.15) is 54.5 Å². The number of carboxylic acid groups (broad SMARTS) is 1. The van der Waals surface area contributed by atoms with Crippen LogP contribution in [-0.2, 0) is 11.3 Å². The molecule has 0 bridgehead atoms. The Morgan fingerprint density at radius 3 is 2.46 bits per heavy atom. The van der Waals surface area contributed by atoms with Crippen molar-refractivity contribution in [3.05, 3.63) is 65.1 Å². The van der Waals surface area contributed by atoms with Gasteiger partial charge in [-0.15, -0.1) is 0 Å². The molecular formula is C26H27F4N3O6. The standard InChI is InChI=1S/C24H21F4N3O6.C2H6/c25-13-4-5-14(15(26)8-13)19(23(33)34)30-21(32)20-18(9-29)36-22(31-20)12-3-6-16(37-24(27)28)17(7-12)35-10-11-1-2-11;1-2/h3-8,11,19,24H,1-2,9-10,29H2,(H,30,32)(H,33,34);1-2H3. The van der Waals surface area contributed by atoms with Gasteiger partial charge in [0.1, 0.15) is 11.6 Å². The molecular weight excluding hydrogens is 526 g/mol. The zero-order chi connectivity index (χ0) is 28.7. The van der Waals surface area contributed by atoms with Gasteiger partial charge in [0.2, 0.25) is 5.89 Å². The van der Waals surface area contributed by atoms with E-state index in [2.05, 4.69) is 15.0 Å². The Morgan fingerprint density at radius 2 is 1.87 bits per heavy atom. The number of amides is 1. The van der Waals surface area contributed by atoms with E-state index in [4.69, 9.17) is 14.9 Å². The van der Waals surface area contributed by atoms with E-state index < -0.39 is 41.7 Å². The number of oxazole rings is 1. The zero-order valence-electron chi connectivity index (χ0n) is 21.0. The first kappa shape index (κ1) is 29.4. The maximum absolute atomic E-state index is 14.2. The van der Waals surface area contributed by atoms with Gasteiger partial charge in [-0.3, -0.25) is 4.79 Å². The number of nitrogens with two attached hydrogens (primary N) is 1. The molecule has 4 N–H and O–H groups in total. The zero-order valence-corrected chi connectivity index (χ0v) is 21.0. The lowest BCUT2D eigenvalue weighted by Crippen LogP contribution is -2.35. The minimum atomic E-state index is -3.08. The Balaban J connectivity index is 0.00000205. The van der Waals surface area contributed by atoms with Gasteiger partial charge in [-0.1, -0.05) is 19.9 Å². The number of halogens is 4. The molecule has 1 atom stereocenters. The van der Waals surface area contributed by atoms with Gasteiger partial charge in [-0.2, -0.15) is 8.78 Å². The lowest BCUT2D eigenvalue weighted by atomic mass is 10.1. The van der Waals surface area contributed by atoms with Crippen molar-refractivity contribution in [3.63, 3.8) is 0 Å². The number of carbonyl (C=O) groups excluding carboxylic acids is 1. The molecule has 13 heteroatoms. The van der Waals surface area contributed by atoms with E-state index in [0.717, 1.165) is 25.0 Å². The molecule has 1 aromatic heterocycles. The van der Waals surface area contributed by atoms with Gasteiger partial charge >= 0.3 is 12.6 Å². The number of aromatic nitrogens is 1. The number of hydrogen-bond acceptors (Lipinski definition) is 7. The summed E-state index contributed by atoms with van der Waals surface area (Å²) in [5.41, 5.74) is 5.04. The van der Waals surface area contributed by atoms with Crippen molar-refractivity contribution in [2.24, 2.45) is 11.7 Å². The molecule has 3 aromatic rings. The molecule has 0 aliphatic heterocycles. The van der Waals surface area contributed by atoms with Crippen LogP contribution in [0, 0.1) is 17.6 Å². The number of hydrogen-bond donors (Lipinski definition) is 3. The highest BCUT2D eigenvalue weighted by Gasteiger charge is 2.29. The fourth-order valence-corrected chi connectivity index (χ4v) is 3.44.